The monoisotopic (exact) mass is 294 g/mol. The molecule has 0 amide bonds. The van der Waals surface area contributed by atoms with E-state index in [1.54, 1.807) is 10.9 Å². The van der Waals surface area contributed by atoms with Gasteiger partial charge in [-0.25, -0.2) is 0 Å². The second-order valence-corrected chi connectivity index (χ2v) is 6.70. The quantitative estimate of drug-likeness (QED) is 0.786. The molecule has 4 atom stereocenters. The van der Waals surface area contributed by atoms with Gasteiger partial charge < -0.3 is 0 Å². The van der Waals surface area contributed by atoms with E-state index >= 15 is 0 Å². The fourth-order valence-corrected chi connectivity index (χ4v) is 5.06. The van der Waals surface area contributed by atoms with Crippen molar-refractivity contribution in [3.05, 3.63) is 16.4 Å². The van der Waals surface area contributed by atoms with E-state index in [4.69, 9.17) is 0 Å². The lowest BCUT2D eigenvalue weighted by molar-refractivity contribution is 0.0934. The van der Waals surface area contributed by atoms with Crippen LogP contribution in [0.25, 0.3) is 0 Å². The Kier molecular flexibility index (Phi) is 1.95. The zero-order valence-electron chi connectivity index (χ0n) is 9.77. The van der Waals surface area contributed by atoms with Crippen LogP contribution in [0.5, 0.6) is 0 Å². The number of fused-ring (bicyclic) bond motifs is 5. The lowest BCUT2D eigenvalue weighted by Crippen LogP contribution is -2.14. The van der Waals surface area contributed by atoms with Gasteiger partial charge in [0.25, 0.3) is 0 Å². The predicted molar refractivity (Wildman–Crippen MR) is 66.5 cm³/mol. The Labute approximate surface area is 109 Å². The van der Waals surface area contributed by atoms with Crippen molar-refractivity contribution in [2.45, 2.75) is 19.3 Å². The zero-order chi connectivity index (χ0) is 11.7. The first kappa shape index (κ1) is 10.3. The number of carbonyl (C=O) groups excluding carboxylic acids is 1. The van der Waals surface area contributed by atoms with E-state index in [2.05, 4.69) is 21.0 Å². The third-order valence-electron chi connectivity index (χ3n) is 5.17. The highest BCUT2D eigenvalue weighted by atomic mass is 79.9. The van der Waals surface area contributed by atoms with E-state index in [1.807, 2.05) is 7.05 Å². The van der Waals surface area contributed by atoms with Gasteiger partial charge in [-0.2, -0.15) is 5.10 Å². The molecule has 0 aromatic carbocycles. The maximum Gasteiger partial charge on any atom is 0.185 e. The Balaban J connectivity index is 1.64. The van der Waals surface area contributed by atoms with Crippen LogP contribution in [0.1, 0.15) is 29.8 Å². The fraction of sp³-hybridized carbons (Fsp3) is 0.692. The van der Waals surface area contributed by atoms with Gasteiger partial charge in [0.2, 0.25) is 0 Å². The van der Waals surface area contributed by atoms with Gasteiger partial charge in [0.15, 0.2) is 5.78 Å². The van der Waals surface area contributed by atoms with Crippen LogP contribution in [-0.2, 0) is 7.05 Å². The molecule has 4 heteroatoms. The molecule has 0 N–H and O–H groups in total. The number of aromatic nitrogens is 2. The molecule has 0 spiro atoms. The van der Waals surface area contributed by atoms with Gasteiger partial charge in [-0.15, -0.1) is 0 Å². The van der Waals surface area contributed by atoms with Gasteiger partial charge in [-0.3, -0.25) is 9.48 Å². The molecule has 3 saturated carbocycles. The van der Waals surface area contributed by atoms with Crippen LogP contribution >= 0.6 is 15.9 Å². The Hall–Kier alpha value is -0.640. The summed E-state index contributed by atoms with van der Waals surface area (Å²) < 4.78 is 2.56. The predicted octanol–water partition coefficient (Wildman–Crippen LogP) is 2.66. The molecule has 17 heavy (non-hydrogen) atoms. The molecule has 0 aliphatic heterocycles. The minimum atomic E-state index is 0.313. The van der Waals surface area contributed by atoms with E-state index in [1.165, 1.54) is 19.3 Å². The van der Waals surface area contributed by atoms with Crippen molar-refractivity contribution in [3.63, 3.8) is 0 Å². The maximum absolute atomic E-state index is 12.6. The van der Waals surface area contributed by atoms with Gasteiger partial charge >= 0.3 is 0 Å². The van der Waals surface area contributed by atoms with Gasteiger partial charge in [0.1, 0.15) is 5.69 Å². The smallest absolute Gasteiger partial charge is 0.185 e. The number of aryl methyl sites for hydroxylation is 1. The number of rotatable bonds is 2. The highest BCUT2D eigenvalue weighted by Gasteiger charge is 2.67. The minimum absolute atomic E-state index is 0.313. The van der Waals surface area contributed by atoms with Crippen molar-refractivity contribution in [2.24, 2.45) is 36.6 Å². The number of ketones is 1. The van der Waals surface area contributed by atoms with E-state index in [0.29, 0.717) is 23.5 Å². The molecule has 0 saturated heterocycles. The van der Waals surface area contributed by atoms with E-state index < -0.39 is 0 Å². The van der Waals surface area contributed by atoms with Crippen LogP contribution in [0, 0.1) is 29.6 Å². The molecule has 3 nitrogen and oxygen atoms in total. The minimum Gasteiger partial charge on any atom is -0.292 e. The van der Waals surface area contributed by atoms with Gasteiger partial charge in [0.05, 0.1) is 10.7 Å². The normalized spacial score (nSPS) is 41.6. The summed E-state index contributed by atoms with van der Waals surface area (Å²) in [5, 5.41) is 4.14. The molecular weight excluding hydrogens is 280 g/mol. The molecule has 3 aliphatic rings. The van der Waals surface area contributed by atoms with Crippen LogP contribution in [0.4, 0.5) is 0 Å². The van der Waals surface area contributed by atoms with Crippen LogP contribution in [0.2, 0.25) is 0 Å². The Bertz CT molecular complexity index is 474. The fourth-order valence-electron chi connectivity index (χ4n) is 4.52. The lowest BCUT2D eigenvalue weighted by Gasteiger charge is -2.08. The summed E-state index contributed by atoms with van der Waals surface area (Å²) in [5.41, 5.74) is 0.767. The molecule has 2 bridgehead atoms. The summed E-state index contributed by atoms with van der Waals surface area (Å²) in [4.78, 5) is 12.6. The summed E-state index contributed by atoms with van der Waals surface area (Å²) in [6.07, 6.45) is 5.84. The maximum atomic E-state index is 12.6. The van der Waals surface area contributed by atoms with Crippen LogP contribution in [0.3, 0.4) is 0 Å². The first-order chi connectivity index (χ1) is 8.18. The van der Waals surface area contributed by atoms with Crippen molar-refractivity contribution >= 4 is 21.7 Å². The molecule has 4 rings (SSSR count). The number of carbonyl (C=O) groups is 1. The number of halogens is 1. The van der Waals surface area contributed by atoms with Crippen LogP contribution in [-0.4, -0.2) is 15.6 Å². The highest BCUT2D eigenvalue weighted by molar-refractivity contribution is 9.10. The van der Waals surface area contributed by atoms with Crippen molar-refractivity contribution < 1.29 is 4.79 Å². The Morgan fingerprint density at radius 3 is 2.59 bits per heavy atom. The zero-order valence-corrected chi connectivity index (χ0v) is 11.4. The largest absolute Gasteiger partial charge is 0.292 e. The van der Waals surface area contributed by atoms with Gasteiger partial charge in [-0.05, 0) is 58.9 Å². The molecule has 90 valence electrons. The molecule has 1 aromatic rings. The number of hydrogen-bond acceptors (Lipinski definition) is 2. The van der Waals surface area contributed by atoms with E-state index in [0.717, 1.165) is 22.0 Å². The molecule has 4 unspecified atom stereocenters. The van der Waals surface area contributed by atoms with Crippen molar-refractivity contribution in [1.29, 1.82) is 0 Å². The summed E-state index contributed by atoms with van der Waals surface area (Å²) in [6.45, 7) is 0. The molecule has 3 aliphatic carbocycles. The Morgan fingerprint density at radius 1 is 1.41 bits per heavy atom. The van der Waals surface area contributed by atoms with Crippen molar-refractivity contribution in [2.75, 3.05) is 0 Å². The van der Waals surface area contributed by atoms with Gasteiger partial charge in [0, 0.05) is 13.0 Å². The summed E-state index contributed by atoms with van der Waals surface area (Å²) in [5.74, 6) is 3.76. The summed E-state index contributed by atoms with van der Waals surface area (Å²) in [6, 6.07) is 0. The van der Waals surface area contributed by atoms with Gasteiger partial charge in [-0.1, -0.05) is 0 Å². The summed E-state index contributed by atoms with van der Waals surface area (Å²) in [7, 11) is 1.85. The SMILES string of the molecule is Cn1ncc(Br)c1C(=O)C1C2C3CCC(C3)C12. The second-order valence-electron chi connectivity index (χ2n) is 5.84. The highest BCUT2D eigenvalue weighted by Crippen LogP contribution is 2.70. The summed E-state index contributed by atoms with van der Waals surface area (Å²) >= 11 is 3.44. The third-order valence-corrected chi connectivity index (χ3v) is 5.75. The average molecular weight is 295 g/mol. The number of nitrogens with zero attached hydrogens (tertiary/aromatic N) is 2. The van der Waals surface area contributed by atoms with Crippen molar-refractivity contribution in [1.82, 2.24) is 9.78 Å². The molecular formula is C13H15BrN2O. The van der Waals surface area contributed by atoms with E-state index in [9.17, 15) is 4.79 Å². The second kappa shape index (κ2) is 3.22. The first-order valence-electron chi connectivity index (χ1n) is 6.40. The molecule has 1 heterocycles. The average Bonchev–Trinajstić information content (AvgIpc) is 2.59. The first-order valence-corrected chi connectivity index (χ1v) is 7.19. The Morgan fingerprint density at radius 2 is 2.06 bits per heavy atom. The van der Waals surface area contributed by atoms with Crippen LogP contribution < -0.4 is 0 Å². The van der Waals surface area contributed by atoms with Crippen LogP contribution in [0.15, 0.2) is 10.7 Å². The topological polar surface area (TPSA) is 34.9 Å². The number of Topliss-reactive ketones (excluding diaryl/α,β-unsaturated/α-hetero) is 1. The standard InChI is InChI=1S/C13H15BrN2O/c1-16-12(8(14)5-15-16)13(17)11-9-6-2-3-7(4-6)10(9)11/h5-7,9-11H,2-4H2,1H3. The number of hydrogen-bond donors (Lipinski definition) is 0. The lowest BCUT2D eigenvalue weighted by atomic mass is 9.98. The third kappa shape index (κ3) is 1.22. The molecule has 1 aromatic heterocycles. The van der Waals surface area contributed by atoms with E-state index in [-0.39, 0.29) is 0 Å². The van der Waals surface area contributed by atoms with Crippen molar-refractivity contribution in [3.8, 4) is 0 Å². The molecule has 3 fully saturated rings. The molecule has 0 radical (unpaired) electrons.